The van der Waals surface area contributed by atoms with Gasteiger partial charge in [-0.15, -0.1) is 0 Å². The van der Waals surface area contributed by atoms with Gasteiger partial charge in [0, 0.05) is 15.1 Å². The summed E-state index contributed by atoms with van der Waals surface area (Å²) in [4.78, 5) is 11.2. The molecule has 110 valence electrons. The molecule has 0 fully saturated rings. The van der Waals surface area contributed by atoms with E-state index in [1.54, 1.807) is 31.4 Å². The van der Waals surface area contributed by atoms with E-state index in [1.165, 1.54) is 0 Å². The third-order valence-corrected chi connectivity index (χ3v) is 3.70. The van der Waals surface area contributed by atoms with Crippen molar-refractivity contribution in [2.75, 3.05) is 7.11 Å². The number of carbonyl (C=O) groups is 1. The van der Waals surface area contributed by atoms with Gasteiger partial charge in [-0.05, 0) is 42.8 Å². The summed E-state index contributed by atoms with van der Waals surface area (Å²) in [5, 5.41) is 0.609. The maximum atomic E-state index is 11.2. The molecule has 2 rings (SSSR count). The van der Waals surface area contributed by atoms with Crippen LogP contribution in [0.15, 0.2) is 34.8 Å². The number of rotatable bonds is 5. The molecule has 0 radical (unpaired) electrons. The molecule has 2 aromatic carbocycles. The summed E-state index contributed by atoms with van der Waals surface area (Å²) in [6, 6.07) is 8.96. The molecule has 5 heteroatoms. The molecule has 0 amide bonds. The first-order valence-electron chi connectivity index (χ1n) is 6.25. The van der Waals surface area contributed by atoms with Gasteiger partial charge in [0.15, 0.2) is 6.29 Å². The zero-order valence-electron chi connectivity index (χ0n) is 11.7. The standard InChI is InChI=1S/C16H14BrClO3/c1-10-5-13(17)6-11(8-19)16(10)21-9-12-7-14(18)3-4-15(12)20-2/h3-8H,9H2,1-2H3. The molecule has 0 saturated carbocycles. The molecule has 0 bridgehead atoms. The number of hydrogen-bond donors (Lipinski definition) is 0. The average molecular weight is 370 g/mol. The van der Waals surface area contributed by atoms with Crippen LogP contribution < -0.4 is 9.47 Å². The van der Waals surface area contributed by atoms with Crippen molar-refractivity contribution in [3.05, 3.63) is 56.5 Å². The minimum atomic E-state index is 0.271. The highest BCUT2D eigenvalue weighted by molar-refractivity contribution is 9.10. The number of halogens is 2. The normalized spacial score (nSPS) is 10.3. The Morgan fingerprint density at radius 3 is 2.71 bits per heavy atom. The number of aryl methyl sites for hydroxylation is 1. The van der Waals surface area contributed by atoms with Gasteiger partial charge in [0.25, 0.3) is 0 Å². The minimum absolute atomic E-state index is 0.271. The largest absolute Gasteiger partial charge is 0.496 e. The van der Waals surface area contributed by atoms with Crippen LogP contribution in [0.5, 0.6) is 11.5 Å². The predicted molar refractivity (Wildman–Crippen MR) is 86.6 cm³/mol. The van der Waals surface area contributed by atoms with Gasteiger partial charge in [0.2, 0.25) is 0 Å². The molecule has 0 spiro atoms. The molecule has 0 aromatic heterocycles. The number of benzene rings is 2. The smallest absolute Gasteiger partial charge is 0.153 e. The van der Waals surface area contributed by atoms with E-state index in [1.807, 2.05) is 13.0 Å². The summed E-state index contributed by atoms with van der Waals surface area (Å²) in [5.74, 6) is 1.26. The van der Waals surface area contributed by atoms with Crippen molar-refractivity contribution in [3.8, 4) is 11.5 Å². The second-order valence-electron chi connectivity index (χ2n) is 4.50. The van der Waals surface area contributed by atoms with E-state index < -0.39 is 0 Å². The van der Waals surface area contributed by atoms with Gasteiger partial charge < -0.3 is 9.47 Å². The van der Waals surface area contributed by atoms with Gasteiger partial charge >= 0.3 is 0 Å². The lowest BCUT2D eigenvalue weighted by atomic mass is 10.1. The zero-order chi connectivity index (χ0) is 15.4. The summed E-state index contributed by atoms with van der Waals surface area (Å²) in [7, 11) is 1.59. The highest BCUT2D eigenvalue weighted by Gasteiger charge is 2.11. The van der Waals surface area contributed by atoms with E-state index in [0.29, 0.717) is 22.1 Å². The first-order chi connectivity index (χ1) is 10.0. The Kier molecular flexibility index (Phi) is 5.26. The number of methoxy groups -OCH3 is 1. The lowest BCUT2D eigenvalue weighted by Gasteiger charge is -2.14. The van der Waals surface area contributed by atoms with E-state index in [-0.39, 0.29) is 6.61 Å². The fourth-order valence-corrected chi connectivity index (χ4v) is 2.84. The van der Waals surface area contributed by atoms with Crippen LogP contribution in [0.4, 0.5) is 0 Å². The molecule has 21 heavy (non-hydrogen) atoms. The molecule has 0 atom stereocenters. The minimum Gasteiger partial charge on any atom is -0.496 e. The maximum absolute atomic E-state index is 11.2. The molecule has 0 N–H and O–H groups in total. The fourth-order valence-electron chi connectivity index (χ4n) is 2.05. The van der Waals surface area contributed by atoms with Crippen molar-refractivity contribution >= 4 is 33.8 Å². The summed E-state index contributed by atoms with van der Waals surface area (Å²) in [6.07, 6.45) is 0.780. The molecule has 0 heterocycles. The summed E-state index contributed by atoms with van der Waals surface area (Å²) < 4.78 is 11.9. The van der Waals surface area contributed by atoms with E-state index >= 15 is 0 Å². The Balaban J connectivity index is 2.28. The molecule has 0 aliphatic rings. The summed E-state index contributed by atoms with van der Waals surface area (Å²) >= 11 is 9.36. The summed E-state index contributed by atoms with van der Waals surface area (Å²) in [6.45, 7) is 2.16. The zero-order valence-corrected chi connectivity index (χ0v) is 14.0. The first-order valence-corrected chi connectivity index (χ1v) is 7.42. The molecule has 0 aliphatic heterocycles. The Hall–Kier alpha value is -1.52. The van der Waals surface area contributed by atoms with Crippen LogP contribution in [0.3, 0.4) is 0 Å². The summed E-state index contributed by atoms with van der Waals surface area (Å²) in [5.41, 5.74) is 2.21. The molecule has 2 aromatic rings. The Bertz CT molecular complexity index is 671. The van der Waals surface area contributed by atoms with Crippen molar-refractivity contribution in [3.63, 3.8) is 0 Å². The second-order valence-corrected chi connectivity index (χ2v) is 5.86. The van der Waals surface area contributed by atoms with Crippen molar-refractivity contribution in [1.82, 2.24) is 0 Å². The highest BCUT2D eigenvalue weighted by atomic mass is 79.9. The van der Waals surface area contributed by atoms with Crippen LogP contribution in [0.2, 0.25) is 5.02 Å². The van der Waals surface area contributed by atoms with Crippen LogP contribution in [0.1, 0.15) is 21.5 Å². The predicted octanol–water partition coefficient (Wildman–Crippen LogP) is 4.81. The van der Waals surface area contributed by atoms with E-state index in [4.69, 9.17) is 21.1 Å². The molecule has 0 aliphatic carbocycles. The van der Waals surface area contributed by atoms with Crippen LogP contribution in [-0.2, 0) is 6.61 Å². The number of ether oxygens (including phenoxy) is 2. The van der Waals surface area contributed by atoms with Crippen molar-refractivity contribution < 1.29 is 14.3 Å². The second kappa shape index (κ2) is 6.96. The maximum Gasteiger partial charge on any atom is 0.153 e. The molecular formula is C16H14BrClO3. The van der Waals surface area contributed by atoms with Gasteiger partial charge in [0.1, 0.15) is 18.1 Å². The Labute approximate surface area is 137 Å². The molecular weight excluding hydrogens is 356 g/mol. The number of aldehydes is 1. The van der Waals surface area contributed by atoms with Gasteiger partial charge in [-0.1, -0.05) is 27.5 Å². The lowest BCUT2D eigenvalue weighted by Crippen LogP contribution is -2.02. The highest BCUT2D eigenvalue weighted by Crippen LogP contribution is 2.29. The topological polar surface area (TPSA) is 35.5 Å². The van der Waals surface area contributed by atoms with Crippen LogP contribution in [0.25, 0.3) is 0 Å². The number of hydrogen-bond acceptors (Lipinski definition) is 3. The SMILES string of the molecule is COc1ccc(Cl)cc1COc1c(C)cc(Br)cc1C=O. The van der Waals surface area contributed by atoms with Crippen LogP contribution >= 0.6 is 27.5 Å². The van der Waals surface area contributed by atoms with Gasteiger partial charge in [-0.3, -0.25) is 4.79 Å². The molecule has 0 saturated heterocycles. The third-order valence-electron chi connectivity index (χ3n) is 3.01. The third kappa shape index (κ3) is 3.77. The van der Waals surface area contributed by atoms with E-state index in [0.717, 1.165) is 21.9 Å². The van der Waals surface area contributed by atoms with E-state index in [2.05, 4.69) is 15.9 Å². The Morgan fingerprint density at radius 2 is 2.05 bits per heavy atom. The first kappa shape index (κ1) is 15.9. The van der Waals surface area contributed by atoms with Crippen molar-refractivity contribution in [2.45, 2.75) is 13.5 Å². The molecule has 3 nitrogen and oxygen atoms in total. The Morgan fingerprint density at radius 1 is 1.29 bits per heavy atom. The fraction of sp³-hybridized carbons (Fsp3) is 0.188. The van der Waals surface area contributed by atoms with Crippen LogP contribution in [0, 0.1) is 6.92 Å². The van der Waals surface area contributed by atoms with Crippen molar-refractivity contribution in [1.29, 1.82) is 0 Å². The van der Waals surface area contributed by atoms with E-state index in [9.17, 15) is 4.79 Å². The van der Waals surface area contributed by atoms with Gasteiger partial charge in [-0.25, -0.2) is 0 Å². The quantitative estimate of drug-likeness (QED) is 0.709. The van der Waals surface area contributed by atoms with Gasteiger partial charge in [0.05, 0.1) is 12.7 Å². The molecule has 0 unspecified atom stereocenters. The number of carbonyl (C=O) groups excluding carboxylic acids is 1. The van der Waals surface area contributed by atoms with Crippen LogP contribution in [-0.4, -0.2) is 13.4 Å². The lowest BCUT2D eigenvalue weighted by molar-refractivity contribution is 0.111. The average Bonchev–Trinajstić information content (AvgIpc) is 2.45. The van der Waals surface area contributed by atoms with Crippen molar-refractivity contribution in [2.24, 2.45) is 0 Å². The van der Waals surface area contributed by atoms with Gasteiger partial charge in [-0.2, -0.15) is 0 Å². The monoisotopic (exact) mass is 368 g/mol.